The van der Waals surface area contributed by atoms with Crippen LogP contribution >= 0.6 is 27.7 Å². The number of fused-ring (bicyclic) bond motifs is 1. The van der Waals surface area contributed by atoms with Crippen molar-refractivity contribution in [2.45, 2.75) is 25.0 Å². The normalized spacial score (nSPS) is 11.3. The highest BCUT2D eigenvalue weighted by Gasteiger charge is 2.17. The van der Waals surface area contributed by atoms with Crippen molar-refractivity contribution < 1.29 is 0 Å². The summed E-state index contributed by atoms with van der Waals surface area (Å²) >= 11 is 5.06. The van der Waals surface area contributed by atoms with Crippen LogP contribution in [0.3, 0.4) is 0 Å². The van der Waals surface area contributed by atoms with Gasteiger partial charge < -0.3 is 4.57 Å². The molecule has 6 nitrogen and oxygen atoms in total. The summed E-state index contributed by atoms with van der Waals surface area (Å²) in [6.07, 6.45) is 1.00. The van der Waals surface area contributed by atoms with Crippen molar-refractivity contribution in [3.63, 3.8) is 0 Å². The topological polar surface area (TPSA) is 72.7 Å². The first kappa shape index (κ1) is 17.0. The summed E-state index contributed by atoms with van der Waals surface area (Å²) in [5.41, 5.74) is 1.04. The molecule has 0 spiro atoms. The molecule has 1 aromatic carbocycles. The van der Waals surface area contributed by atoms with E-state index in [1.165, 1.54) is 4.57 Å². The molecule has 0 atom stereocenters. The van der Waals surface area contributed by atoms with E-state index in [2.05, 4.69) is 32.8 Å². The third kappa shape index (κ3) is 3.21. The number of thioether (sulfide) groups is 1. The molecule has 24 heavy (non-hydrogen) atoms. The molecule has 0 saturated carbocycles. The van der Waals surface area contributed by atoms with E-state index in [-0.39, 0.29) is 0 Å². The smallest absolute Gasteiger partial charge is 0.309 e. The monoisotopic (exact) mass is 408 g/mol. The molecule has 0 unspecified atom stereocenters. The summed E-state index contributed by atoms with van der Waals surface area (Å²) in [4.78, 5) is 31.1. The maximum atomic E-state index is 12.4. The predicted octanol–water partition coefficient (Wildman–Crippen LogP) is 2.74. The maximum absolute atomic E-state index is 12.4. The van der Waals surface area contributed by atoms with Gasteiger partial charge in [-0.15, -0.1) is 0 Å². The molecule has 0 radical (unpaired) electrons. The highest BCUT2D eigenvalue weighted by atomic mass is 79.9. The number of nitrogens with zero attached hydrogens (tertiary/aromatic N) is 3. The first-order chi connectivity index (χ1) is 11.5. The molecule has 3 aromatic rings. The van der Waals surface area contributed by atoms with Gasteiger partial charge in [-0.3, -0.25) is 14.3 Å². The summed E-state index contributed by atoms with van der Waals surface area (Å²) in [6, 6.07) is 7.92. The Kier molecular flexibility index (Phi) is 4.96. The Balaban J connectivity index is 2.21. The molecule has 0 bridgehead atoms. The molecule has 0 aliphatic carbocycles. The molecule has 0 amide bonds. The Bertz CT molecular complexity index is 1010. The van der Waals surface area contributed by atoms with Gasteiger partial charge in [0.2, 0.25) is 0 Å². The first-order valence-electron chi connectivity index (χ1n) is 7.58. The molecule has 3 rings (SSSR count). The van der Waals surface area contributed by atoms with Crippen LogP contribution in [0.2, 0.25) is 0 Å². The molecule has 2 heterocycles. The van der Waals surface area contributed by atoms with E-state index in [4.69, 9.17) is 0 Å². The van der Waals surface area contributed by atoms with Gasteiger partial charge in [-0.1, -0.05) is 46.7 Å². The third-order valence-corrected chi connectivity index (χ3v) is 5.31. The Morgan fingerprint density at radius 3 is 2.83 bits per heavy atom. The van der Waals surface area contributed by atoms with Crippen LogP contribution in [0.15, 0.2) is 43.5 Å². The van der Waals surface area contributed by atoms with E-state index in [0.29, 0.717) is 17.7 Å². The molecule has 1 N–H and O–H groups in total. The summed E-state index contributed by atoms with van der Waals surface area (Å²) < 4.78 is 4.24. The van der Waals surface area contributed by atoms with Crippen LogP contribution < -0.4 is 11.2 Å². The van der Waals surface area contributed by atoms with Crippen LogP contribution in [0.1, 0.15) is 18.9 Å². The Morgan fingerprint density at radius 2 is 2.12 bits per heavy atom. The average Bonchev–Trinajstić information content (AvgIpc) is 2.90. The van der Waals surface area contributed by atoms with E-state index < -0.39 is 11.2 Å². The molecule has 0 fully saturated rings. The lowest BCUT2D eigenvalue weighted by Gasteiger charge is -2.08. The van der Waals surface area contributed by atoms with Gasteiger partial charge in [-0.05, 0) is 24.1 Å². The number of rotatable bonds is 5. The number of benzene rings is 1. The minimum absolute atomic E-state index is 0.404. The third-order valence-electron chi connectivity index (χ3n) is 3.64. The lowest BCUT2D eigenvalue weighted by Crippen LogP contribution is -2.29. The molecular weight excluding hydrogens is 392 g/mol. The molecule has 0 saturated heterocycles. The number of imidazole rings is 1. The second-order valence-electron chi connectivity index (χ2n) is 5.45. The van der Waals surface area contributed by atoms with Crippen LogP contribution in [0.25, 0.3) is 11.2 Å². The molecular formula is C16H17BrN4O2S. The highest BCUT2D eigenvalue weighted by molar-refractivity contribution is 9.10. The zero-order valence-electron chi connectivity index (χ0n) is 13.4. The number of aromatic amines is 1. The maximum Gasteiger partial charge on any atom is 0.329 e. The molecule has 126 valence electrons. The summed E-state index contributed by atoms with van der Waals surface area (Å²) in [5, 5.41) is 0.749. The fraction of sp³-hybridized carbons (Fsp3) is 0.312. The zero-order chi connectivity index (χ0) is 17.3. The second-order valence-corrected chi connectivity index (χ2v) is 7.43. The summed E-state index contributed by atoms with van der Waals surface area (Å²) in [5.74, 6) is 0.896. The van der Waals surface area contributed by atoms with E-state index in [9.17, 15) is 9.59 Å². The van der Waals surface area contributed by atoms with Crippen LogP contribution in [0.4, 0.5) is 0 Å². The Hall–Kier alpha value is -1.80. The zero-order valence-corrected chi connectivity index (χ0v) is 15.8. The Morgan fingerprint density at radius 1 is 1.33 bits per heavy atom. The SMILES string of the molecule is CCCSc1nc2c(c(=O)[nH]c(=O)n2C)n1Cc1cccc(Br)c1. The summed E-state index contributed by atoms with van der Waals surface area (Å²) in [6.45, 7) is 2.61. The second kappa shape index (κ2) is 6.98. The predicted molar refractivity (Wildman–Crippen MR) is 99.9 cm³/mol. The first-order valence-corrected chi connectivity index (χ1v) is 9.36. The minimum atomic E-state index is -0.452. The lowest BCUT2D eigenvalue weighted by atomic mass is 10.2. The van der Waals surface area contributed by atoms with Gasteiger partial charge in [0, 0.05) is 17.3 Å². The van der Waals surface area contributed by atoms with Gasteiger partial charge in [0.15, 0.2) is 16.3 Å². The number of H-pyrrole nitrogens is 1. The molecule has 2 aromatic heterocycles. The summed E-state index contributed by atoms with van der Waals surface area (Å²) in [7, 11) is 1.62. The molecule has 0 aliphatic heterocycles. The van der Waals surface area contributed by atoms with Crippen molar-refractivity contribution in [3.05, 3.63) is 55.1 Å². The van der Waals surface area contributed by atoms with Gasteiger partial charge in [0.1, 0.15) is 0 Å². The van der Waals surface area contributed by atoms with Crippen molar-refractivity contribution in [1.29, 1.82) is 0 Å². The fourth-order valence-electron chi connectivity index (χ4n) is 2.48. The van der Waals surface area contributed by atoms with Crippen molar-refractivity contribution in [3.8, 4) is 0 Å². The van der Waals surface area contributed by atoms with E-state index in [0.717, 1.165) is 27.4 Å². The van der Waals surface area contributed by atoms with Crippen LogP contribution in [0.5, 0.6) is 0 Å². The fourth-order valence-corrected chi connectivity index (χ4v) is 3.78. The lowest BCUT2D eigenvalue weighted by molar-refractivity contribution is 0.727. The molecule has 0 aliphatic rings. The van der Waals surface area contributed by atoms with Crippen molar-refractivity contribution >= 4 is 38.9 Å². The van der Waals surface area contributed by atoms with Crippen LogP contribution in [-0.4, -0.2) is 24.9 Å². The van der Waals surface area contributed by atoms with Gasteiger partial charge in [-0.2, -0.15) is 0 Å². The van der Waals surface area contributed by atoms with Crippen molar-refractivity contribution in [2.24, 2.45) is 7.05 Å². The quantitative estimate of drug-likeness (QED) is 0.658. The van der Waals surface area contributed by atoms with Gasteiger partial charge in [0.05, 0.1) is 6.54 Å². The van der Waals surface area contributed by atoms with Gasteiger partial charge in [-0.25, -0.2) is 9.78 Å². The van der Waals surface area contributed by atoms with E-state index in [1.807, 2.05) is 28.8 Å². The van der Waals surface area contributed by atoms with Crippen LogP contribution in [0, 0.1) is 0 Å². The Labute approximate surface area is 151 Å². The van der Waals surface area contributed by atoms with Crippen molar-refractivity contribution in [1.82, 2.24) is 19.1 Å². The largest absolute Gasteiger partial charge is 0.329 e. The van der Waals surface area contributed by atoms with Gasteiger partial charge >= 0.3 is 5.69 Å². The number of aromatic nitrogens is 4. The standard InChI is InChI=1S/C16H17BrN4O2S/c1-3-7-24-16-18-13-12(14(22)19-15(23)20(13)2)21(16)9-10-5-4-6-11(17)8-10/h4-6,8H,3,7,9H2,1-2H3,(H,19,22,23). The number of nitrogens with one attached hydrogen (secondary N) is 1. The van der Waals surface area contributed by atoms with Crippen LogP contribution in [-0.2, 0) is 13.6 Å². The number of hydrogen-bond donors (Lipinski definition) is 1. The highest BCUT2D eigenvalue weighted by Crippen LogP contribution is 2.24. The number of hydrogen-bond acceptors (Lipinski definition) is 4. The van der Waals surface area contributed by atoms with Crippen molar-refractivity contribution in [2.75, 3.05) is 5.75 Å². The number of halogens is 1. The van der Waals surface area contributed by atoms with E-state index >= 15 is 0 Å². The van der Waals surface area contributed by atoms with Gasteiger partial charge in [0.25, 0.3) is 5.56 Å². The minimum Gasteiger partial charge on any atom is -0.309 e. The molecule has 8 heteroatoms. The van der Waals surface area contributed by atoms with E-state index in [1.54, 1.807) is 18.8 Å². The number of aryl methyl sites for hydroxylation is 1. The average molecular weight is 409 g/mol.